The fourth-order valence-electron chi connectivity index (χ4n) is 2.13. The molecular weight excluding hydrogens is 276 g/mol. The van der Waals surface area contributed by atoms with Crippen molar-refractivity contribution >= 4 is 11.9 Å². The molecule has 0 saturated carbocycles. The summed E-state index contributed by atoms with van der Waals surface area (Å²) in [5, 5.41) is 0. The third kappa shape index (κ3) is 3.76. The Kier molecular flexibility index (Phi) is 5.37. The molecule has 3 heteroatoms. The number of hydrogen-bond donors (Lipinski definition) is 0. The summed E-state index contributed by atoms with van der Waals surface area (Å²) in [5.41, 5.74) is 2.80. The van der Waals surface area contributed by atoms with E-state index in [0.29, 0.717) is 17.1 Å². The highest BCUT2D eigenvalue weighted by atomic mass is 16.5. The van der Waals surface area contributed by atoms with Crippen LogP contribution in [0.25, 0.3) is 6.08 Å². The second kappa shape index (κ2) is 7.46. The number of ether oxygens (including phenoxy) is 2. The van der Waals surface area contributed by atoms with Crippen LogP contribution in [0.3, 0.4) is 0 Å². The van der Waals surface area contributed by atoms with Gasteiger partial charge >= 0.3 is 0 Å². The largest absolute Gasteiger partial charge is 0.493 e. The van der Waals surface area contributed by atoms with Gasteiger partial charge in [0.2, 0.25) is 0 Å². The van der Waals surface area contributed by atoms with Gasteiger partial charge in [-0.15, -0.1) is 0 Å². The van der Waals surface area contributed by atoms with Gasteiger partial charge in [-0.3, -0.25) is 4.79 Å². The molecule has 114 valence electrons. The van der Waals surface area contributed by atoms with E-state index in [4.69, 9.17) is 9.47 Å². The molecule has 2 rings (SSSR count). The predicted molar refractivity (Wildman–Crippen MR) is 88.7 cm³/mol. The number of methoxy groups -OCH3 is 2. The van der Waals surface area contributed by atoms with Gasteiger partial charge in [-0.05, 0) is 35.8 Å². The molecule has 2 aromatic carbocycles. The maximum atomic E-state index is 12.2. The van der Waals surface area contributed by atoms with E-state index in [9.17, 15) is 4.79 Å². The zero-order valence-electron chi connectivity index (χ0n) is 13.1. The average molecular weight is 296 g/mol. The highest BCUT2D eigenvalue weighted by molar-refractivity contribution is 6.06. The standard InChI is InChI=1S/C19H20O3/c1-4-14-5-9-16(10-6-14)17(20)11-7-15-8-12-18(21-2)19(13-15)22-3/h5-13H,4H2,1-3H3/b11-7+. The molecule has 22 heavy (non-hydrogen) atoms. The van der Waals surface area contributed by atoms with Crippen molar-refractivity contribution in [1.82, 2.24) is 0 Å². The van der Waals surface area contributed by atoms with E-state index in [1.807, 2.05) is 42.5 Å². The molecule has 0 aliphatic heterocycles. The van der Waals surface area contributed by atoms with Gasteiger partial charge in [0.25, 0.3) is 0 Å². The minimum absolute atomic E-state index is 0.0163. The van der Waals surface area contributed by atoms with Gasteiger partial charge in [-0.1, -0.05) is 43.3 Å². The highest BCUT2D eigenvalue weighted by Crippen LogP contribution is 2.28. The molecule has 0 atom stereocenters. The summed E-state index contributed by atoms with van der Waals surface area (Å²) in [4.78, 5) is 12.2. The maximum absolute atomic E-state index is 12.2. The minimum Gasteiger partial charge on any atom is -0.493 e. The molecule has 0 aliphatic rings. The Morgan fingerprint density at radius 3 is 2.27 bits per heavy atom. The number of carbonyl (C=O) groups is 1. The third-order valence-electron chi connectivity index (χ3n) is 3.48. The molecule has 0 saturated heterocycles. The molecule has 0 aliphatic carbocycles. The summed E-state index contributed by atoms with van der Waals surface area (Å²) in [6.45, 7) is 2.09. The fourth-order valence-corrected chi connectivity index (χ4v) is 2.13. The molecule has 0 spiro atoms. The summed E-state index contributed by atoms with van der Waals surface area (Å²) >= 11 is 0. The first-order valence-corrected chi connectivity index (χ1v) is 7.21. The average Bonchev–Trinajstić information content (AvgIpc) is 2.59. The van der Waals surface area contributed by atoms with Gasteiger partial charge in [-0.25, -0.2) is 0 Å². The van der Waals surface area contributed by atoms with Gasteiger partial charge in [0.1, 0.15) is 0 Å². The normalized spacial score (nSPS) is 10.7. The van der Waals surface area contributed by atoms with Crippen molar-refractivity contribution < 1.29 is 14.3 Å². The first kappa shape index (κ1) is 15.8. The molecule has 0 fully saturated rings. The van der Waals surface area contributed by atoms with Crippen molar-refractivity contribution in [3.63, 3.8) is 0 Å². The summed E-state index contributed by atoms with van der Waals surface area (Å²) in [7, 11) is 3.18. The van der Waals surface area contributed by atoms with Gasteiger partial charge in [0, 0.05) is 5.56 Å². The van der Waals surface area contributed by atoms with Gasteiger partial charge in [0.05, 0.1) is 14.2 Å². The Balaban J connectivity index is 2.14. The topological polar surface area (TPSA) is 35.5 Å². The molecule has 0 N–H and O–H groups in total. The fraction of sp³-hybridized carbons (Fsp3) is 0.211. The van der Waals surface area contributed by atoms with Gasteiger partial charge in [-0.2, -0.15) is 0 Å². The van der Waals surface area contributed by atoms with Gasteiger partial charge in [0.15, 0.2) is 17.3 Å². The van der Waals surface area contributed by atoms with Crippen molar-refractivity contribution in [2.24, 2.45) is 0 Å². The Labute approximate surface area is 131 Å². The Morgan fingerprint density at radius 2 is 1.68 bits per heavy atom. The maximum Gasteiger partial charge on any atom is 0.185 e. The monoisotopic (exact) mass is 296 g/mol. The van der Waals surface area contributed by atoms with Crippen molar-refractivity contribution in [1.29, 1.82) is 0 Å². The van der Waals surface area contributed by atoms with E-state index in [-0.39, 0.29) is 5.78 Å². The Bertz CT molecular complexity index is 670. The molecule has 0 bridgehead atoms. The second-order valence-corrected chi connectivity index (χ2v) is 4.86. The summed E-state index contributed by atoms with van der Waals surface area (Å²) in [6.07, 6.45) is 4.32. The molecule has 0 aromatic heterocycles. The Morgan fingerprint density at radius 1 is 1.00 bits per heavy atom. The van der Waals surface area contributed by atoms with Crippen molar-refractivity contribution in [3.05, 3.63) is 65.2 Å². The Hall–Kier alpha value is -2.55. The zero-order chi connectivity index (χ0) is 15.9. The van der Waals surface area contributed by atoms with Crippen LogP contribution in [0.2, 0.25) is 0 Å². The lowest BCUT2D eigenvalue weighted by Crippen LogP contribution is -1.94. The van der Waals surface area contributed by atoms with Crippen molar-refractivity contribution in [3.8, 4) is 11.5 Å². The van der Waals surface area contributed by atoms with Crippen LogP contribution in [-0.4, -0.2) is 20.0 Å². The first-order chi connectivity index (χ1) is 10.7. The lowest BCUT2D eigenvalue weighted by molar-refractivity contribution is 0.104. The second-order valence-electron chi connectivity index (χ2n) is 4.86. The minimum atomic E-state index is -0.0163. The van der Waals surface area contributed by atoms with E-state index in [2.05, 4.69) is 6.92 Å². The summed E-state index contributed by atoms with van der Waals surface area (Å²) in [6, 6.07) is 13.2. The molecule has 0 amide bonds. The number of allylic oxidation sites excluding steroid dienone is 1. The van der Waals surface area contributed by atoms with E-state index in [0.717, 1.165) is 12.0 Å². The number of hydrogen-bond acceptors (Lipinski definition) is 3. The number of ketones is 1. The smallest absolute Gasteiger partial charge is 0.185 e. The van der Waals surface area contributed by atoms with Crippen LogP contribution in [0.4, 0.5) is 0 Å². The quantitative estimate of drug-likeness (QED) is 0.593. The molecular formula is C19H20O3. The SMILES string of the molecule is CCc1ccc(C(=O)/C=C/c2ccc(OC)c(OC)c2)cc1. The van der Waals surface area contributed by atoms with E-state index >= 15 is 0 Å². The number of rotatable bonds is 6. The van der Waals surface area contributed by atoms with Crippen LogP contribution in [0.1, 0.15) is 28.4 Å². The molecule has 0 unspecified atom stereocenters. The number of aryl methyl sites for hydroxylation is 1. The van der Waals surface area contributed by atoms with Crippen LogP contribution in [0.15, 0.2) is 48.5 Å². The van der Waals surface area contributed by atoms with E-state index in [1.54, 1.807) is 26.4 Å². The molecule has 0 heterocycles. The number of carbonyl (C=O) groups excluding carboxylic acids is 1. The first-order valence-electron chi connectivity index (χ1n) is 7.21. The van der Waals surface area contributed by atoms with Gasteiger partial charge < -0.3 is 9.47 Å². The zero-order valence-corrected chi connectivity index (χ0v) is 13.1. The molecule has 3 nitrogen and oxygen atoms in total. The van der Waals surface area contributed by atoms with Crippen molar-refractivity contribution in [2.75, 3.05) is 14.2 Å². The predicted octanol–water partition coefficient (Wildman–Crippen LogP) is 4.16. The van der Waals surface area contributed by atoms with Crippen LogP contribution < -0.4 is 9.47 Å². The van der Waals surface area contributed by atoms with Crippen molar-refractivity contribution in [2.45, 2.75) is 13.3 Å². The van der Waals surface area contributed by atoms with Crippen LogP contribution in [0, 0.1) is 0 Å². The summed E-state index contributed by atoms with van der Waals surface area (Å²) < 4.78 is 10.4. The van der Waals surface area contributed by atoms with Crippen LogP contribution >= 0.6 is 0 Å². The summed E-state index contributed by atoms with van der Waals surface area (Å²) in [5.74, 6) is 1.29. The van der Waals surface area contributed by atoms with Crippen LogP contribution in [-0.2, 0) is 6.42 Å². The molecule has 2 aromatic rings. The third-order valence-corrected chi connectivity index (χ3v) is 3.48. The lowest BCUT2D eigenvalue weighted by atomic mass is 10.1. The highest BCUT2D eigenvalue weighted by Gasteiger charge is 2.04. The lowest BCUT2D eigenvalue weighted by Gasteiger charge is -2.07. The van der Waals surface area contributed by atoms with E-state index in [1.165, 1.54) is 5.56 Å². The number of benzene rings is 2. The molecule has 0 radical (unpaired) electrons. The van der Waals surface area contributed by atoms with E-state index < -0.39 is 0 Å². The van der Waals surface area contributed by atoms with Crippen LogP contribution in [0.5, 0.6) is 11.5 Å².